The fourth-order valence-electron chi connectivity index (χ4n) is 1.14. The fourth-order valence-corrected chi connectivity index (χ4v) is 1.14. The third-order valence-electron chi connectivity index (χ3n) is 1.83. The van der Waals surface area contributed by atoms with E-state index < -0.39 is 0 Å². The lowest BCUT2D eigenvalue weighted by atomic mass is 10.1. The smallest absolute Gasteiger partial charge is 0.129 e. The van der Waals surface area contributed by atoms with Crippen molar-refractivity contribution in [1.82, 2.24) is 0 Å². The summed E-state index contributed by atoms with van der Waals surface area (Å²) in [4.78, 5) is 0. The van der Waals surface area contributed by atoms with Crippen LogP contribution in [-0.2, 0) is 4.74 Å². The highest BCUT2D eigenvalue weighted by Crippen LogP contribution is 2.31. The maximum atomic E-state index is 13.0. The zero-order chi connectivity index (χ0) is 7.84. The number of hydrogen-bond donors (Lipinski definition) is 0. The summed E-state index contributed by atoms with van der Waals surface area (Å²) in [5.74, 6) is -0.155. The summed E-state index contributed by atoms with van der Waals surface area (Å²) >= 11 is 0. The standard InChI is InChI=1S/C9H9FO/c1-6-2-3-8(10)7(4-6)9-5-11-9/h2-4,9H,5H2,1H3/t9-/m1/s1. The number of aryl methyl sites for hydroxylation is 1. The predicted octanol–water partition coefficient (Wildman–Crippen LogP) is 2.21. The first-order valence-electron chi connectivity index (χ1n) is 3.65. The van der Waals surface area contributed by atoms with Gasteiger partial charge in [0, 0.05) is 5.56 Å². The molecule has 1 fully saturated rings. The minimum Gasteiger partial charge on any atom is -0.368 e. The van der Waals surface area contributed by atoms with Crippen molar-refractivity contribution in [3.8, 4) is 0 Å². The van der Waals surface area contributed by atoms with Gasteiger partial charge in [-0.25, -0.2) is 4.39 Å². The molecule has 0 spiro atoms. The largest absolute Gasteiger partial charge is 0.368 e. The van der Waals surface area contributed by atoms with Crippen molar-refractivity contribution in [2.24, 2.45) is 0 Å². The Morgan fingerprint density at radius 3 is 2.91 bits per heavy atom. The third kappa shape index (κ3) is 1.26. The van der Waals surface area contributed by atoms with Gasteiger partial charge in [0.2, 0.25) is 0 Å². The Morgan fingerprint density at radius 2 is 2.27 bits per heavy atom. The Hall–Kier alpha value is -0.890. The van der Waals surface area contributed by atoms with Gasteiger partial charge in [-0.2, -0.15) is 0 Å². The van der Waals surface area contributed by atoms with E-state index in [4.69, 9.17) is 4.74 Å². The molecular formula is C9H9FO. The number of benzene rings is 1. The number of ether oxygens (including phenoxy) is 1. The van der Waals surface area contributed by atoms with Crippen LogP contribution in [0.15, 0.2) is 18.2 Å². The summed E-state index contributed by atoms with van der Waals surface area (Å²) in [5, 5.41) is 0. The highest BCUT2D eigenvalue weighted by atomic mass is 19.1. The van der Waals surface area contributed by atoms with Crippen molar-refractivity contribution < 1.29 is 9.13 Å². The second kappa shape index (κ2) is 2.31. The molecule has 1 saturated heterocycles. The van der Waals surface area contributed by atoms with Crippen LogP contribution in [0.5, 0.6) is 0 Å². The van der Waals surface area contributed by atoms with Crippen LogP contribution in [0.2, 0.25) is 0 Å². The van der Waals surface area contributed by atoms with Crippen LogP contribution in [0.1, 0.15) is 17.2 Å². The molecule has 58 valence electrons. The second-order valence-electron chi connectivity index (χ2n) is 2.85. The first-order valence-corrected chi connectivity index (χ1v) is 3.65. The van der Waals surface area contributed by atoms with Gasteiger partial charge >= 0.3 is 0 Å². The monoisotopic (exact) mass is 152 g/mol. The number of epoxide rings is 1. The first-order chi connectivity index (χ1) is 5.27. The van der Waals surface area contributed by atoms with Crippen molar-refractivity contribution >= 4 is 0 Å². The molecule has 1 nitrogen and oxygen atoms in total. The third-order valence-corrected chi connectivity index (χ3v) is 1.83. The molecule has 0 aromatic heterocycles. The van der Waals surface area contributed by atoms with Crippen molar-refractivity contribution in [1.29, 1.82) is 0 Å². The van der Waals surface area contributed by atoms with Gasteiger partial charge in [-0.05, 0) is 13.0 Å². The van der Waals surface area contributed by atoms with Gasteiger partial charge in [0.25, 0.3) is 0 Å². The fraction of sp³-hybridized carbons (Fsp3) is 0.333. The minimum atomic E-state index is -0.155. The molecule has 1 atom stereocenters. The summed E-state index contributed by atoms with van der Waals surface area (Å²) in [5.41, 5.74) is 1.78. The topological polar surface area (TPSA) is 12.5 Å². The molecule has 0 radical (unpaired) electrons. The quantitative estimate of drug-likeness (QED) is 0.562. The lowest BCUT2D eigenvalue weighted by Gasteiger charge is -1.98. The number of rotatable bonds is 1. The van der Waals surface area contributed by atoms with Crippen LogP contribution in [0.25, 0.3) is 0 Å². The van der Waals surface area contributed by atoms with Crippen LogP contribution in [0.4, 0.5) is 4.39 Å². The molecule has 1 aliphatic heterocycles. The van der Waals surface area contributed by atoms with E-state index >= 15 is 0 Å². The zero-order valence-electron chi connectivity index (χ0n) is 6.30. The summed E-state index contributed by atoms with van der Waals surface area (Å²) in [6, 6.07) is 5.10. The Morgan fingerprint density at radius 1 is 1.55 bits per heavy atom. The van der Waals surface area contributed by atoms with E-state index in [-0.39, 0.29) is 11.9 Å². The lowest BCUT2D eigenvalue weighted by molar-refractivity contribution is 0.408. The molecule has 1 aromatic rings. The Bertz CT molecular complexity index is 279. The molecular weight excluding hydrogens is 143 g/mol. The zero-order valence-corrected chi connectivity index (χ0v) is 6.30. The molecule has 11 heavy (non-hydrogen) atoms. The molecule has 1 heterocycles. The molecule has 0 N–H and O–H groups in total. The maximum Gasteiger partial charge on any atom is 0.129 e. The lowest BCUT2D eigenvalue weighted by Crippen LogP contribution is -1.88. The molecule has 1 aliphatic rings. The highest BCUT2D eigenvalue weighted by molar-refractivity contribution is 5.27. The van der Waals surface area contributed by atoms with Gasteiger partial charge in [0.1, 0.15) is 11.9 Å². The SMILES string of the molecule is Cc1ccc(F)c([C@H]2CO2)c1. The Labute approximate surface area is 64.8 Å². The molecule has 0 unspecified atom stereocenters. The summed E-state index contributed by atoms with van der Waals surface area (Å²) in [6.45, 7) is 2.62. The van der Waals surface area contributed by atoms with Crippen LogP contribution in [0.3, 0.4) is 0 Å². The van der Waals surface area contributed by atoms with E-state index in [0.717, 1.165) is 5.56 Å². The van der Waals surface area contributed by atoms with Gasteiger partial charge in [-0.3, -0.25) is 0 Å². The maximum absolute atomic E-state index is 13.0. The Kier molecular flexibility index (Phi) is 1.43. The molecule has 2 rings (SSSR count). The average Bonchev–Trinajstić information content (AvgIpc) is 2.76. The van der Waals surface area contributed by atoms with E-state index in [0.29, 0.717) is 12.2 Å². The molecule has 0 bridgehead atoms. The predicted molar refractivity (Wildman–Crippen MR) is 39.8 cm³/mol. The van der Waals surface area contributed by atoms with Crippen molar-refractivity contribution in [3.05, 3.63) is 35.1 Å². The molecule has 0 aliphatic carbocycles. The summed E-state index contributed by atoms with van der Waals surface area (Å²) in [7, 11) is 0. The highest BCUT2D eigenvalue weighted by Gasteiger charge is 2.27. The van der Waals surface area contributed by atoms with Crippen molar-refractivity contribution in [2.45, 2.75) is 13.0 Å². The second-order valence-corrected chi connectivity index (χ2v) is 2.85. The summed E-state index contributed by atoms with van der Waals surface area (Å²) < 4.78 is 18.0. The number of hydrogen-bond acceptors (Lipinski definition) is 1. The van der Waals surface area contributed by atoms with Crippen LogP contribution >= 0.6 is 0 Å². The molecule has 2 heteroatoms. The molecule has 0 saturated carbocycles. The van der Waals surface area contributed by atoms with E-state index in [2.05, 4.69) is 0 Å². The van der Waals surface area contributed by atoms with E-state index in [9.17, 15) is 4.39 Å². The van der Waals surface area contributed by atoms with E-state index in [1.165, 1.54) is 6.07 Å². The van der Waals surface area contributed by atoms with Crippen LogP contribution < -0.4 is 0 Å². The van der Waals surface area contributed by atoms with Gasteiger partial charge in [-0.15, -0.1) is 0 Å². The van der Waals surface area contributed by atoms with Gasteiger partial charge in [0.15, 0.2) is 0 Å². The van der Waals surface area contributed by atoms with Gasteiger partial charge in [-0.1, -0.05) is 17.7 Å². The first kappa shape index (κ1) is 6.80. The average molecular weight is 152 g/mol. The number of halogens is 1. The minimum absolute atomic E-state index is 0.0231. The normalized spacial score (nSPS) is 21.8. The van der Waals surface area contributed by atoms with Gasteiger partial charge < -0.3 is 4.74 Å². The summed E-state index contributed by atoms with van der Waals surface area (Å²) in [6.07, 6.45) is 0.0231. The molecule has 0 amide bonds. The van der Waals surface area contributed by atoms with E-state index in [1.807, 2.05) is 13.0 Å². The van der Waals surface area contributed by atoms with Crippen LogP contribution in [0, 0.1) is 12.7 Å². The van der Waals surface area contributed by atoms with Crippen molar-refractivity contribution in [3.63, 3.8) is 0 Å². The van der Waals surface area contributed by atoms with E-state index in [1.54, 1.807) is 6.07 Å². The van der Waals surface area contributed by atoms with Gasteiger partial charge in [0.05, 0.1) is 6.61 Å². The van der Waals surface area contributed by atoms with Crippen molar-refractivity contribution in [2.75, 3.05) is 6.61 Å². The Balaban J connectivity index is 2.42. The molecule has 1 aromatic carbocycles. The van der Waals surface area contributed by atoms with Crippen LogP contribution in [-0.4, -0.2) is 6.61 Å².